The predicted octanol–water partition coefficient (Wildman–Crippen LogP) is 7.74. The van der Waals surface area contributed by atoms with Crippen LogP contribution in [-0.2, 0) is 16.5 Å². The molecule has 0 heterocycles. The van der Waals surface area contributed by atoms with Gasteiger partial charge >= 0.3 is 50.0 Å². The lowest BCUT2D eigenvalue weighted by molar-refractivity contribution is -0.354. The van der Waals surface area contributed by atoms with E-state index in [2.05, 4.69) is 0 Å². The van der Waals surface area contributed by atoms with Crippen LogP contribution in [-0.4, -0.2) is 58.3 Å². The van der Waals surface area contributed by atoms with Gasteiger partial charge in [-0.25, -0.2) is 0 Å². The standard InChI is InChI=1S/C13H28Cl3F7O4Si5/c1-28(2,10-9-11(17,18)12(19,20)13(21,22)23)24-29(3,4)25-30(5,6)26-31(7,8)27-32(14,15)16/h9-10H2,1-8H3. The largest absolute Gasteiger partial charge is 0.485 e. The van der Waals surface area contributed by atoms with Crippen molar-refractivity contribution >= 4 is 73.5 Å². The molecule has 0 spiro atoms. The van der Waals surface area contributed by atoms with E-state index in [1.54, 1.807) is 39.3 Å². The van der Waals surface area contributed by atoms with Gasteiger partial charge in [-0.15, -0.1) is 0 Å². The van der Waals surface area contributed by atoms with E-state index in [1.807, 2.05) is 0 Å². The summed E-state index contributed by atoms with van der Waals surface area (Å²) in [5, 5.41) is 0. The highest BCUT2D eigenvalue weighted by Gasteiger charge is 2.72. The maximum atomic E-state index is 13.7. The molecule has 19 heteroatoms. The van der Waals surface area contributed by atoms with Crippen LogP contribution in [0.2, 0.25) is 58.4 Å². The lowest BCUT2D eigenvalue weighted by atomic mass is 10.1. The molecule has 0 aliphatic carbocycles. The number of rotatable bonds is 12. The SMILES string of the molecule is C[Si](C)(CCC(F)(F)C(F)(F)C(F)(F)F)O[Si](C)(C)O[Si](C)(C)O[Si](C)(C)O[Si](Cl)(Cl)Cl. The maximum absolute atomic E-state index is 13.7. The first-order valence-corrected chi connectivity index (χ1v) is 25.7. The Labute approximate surface area is 203 Å². The van der Waals surface area contributed by atoms with Crippen LogP contribution in [0.3, 0.4) is 0 Å². The highest BCUT2D eigenvalue weighted by atomic mass is 35.8. The van der Waals surface area contributed by atoms with E-state index in [0.717, 1.165) is 0 Å². The van der Waals surface area contributed by atoms with Crippen LogP contribution in [0.25, 0.3) is 0 Å². The quantitative estimate of drug-likeness (QED) is 0.126. The summed E-state index contributed by atoms with van der Waals surface area (Å²) in [6, 6.07) is -0.642. The second-order valence-electron chi connectivity index (χ2n) is 9.09. The molecule has 0 radical (unpaired) electrons. The highest BCUT2D eigenvalue weighted by molar-refractivity contribution is 7.62. The lowest BCUT2D eigenvalue weighted by Crippen LogP contribution is -2.58. The van der Waals surface area contributed by atoms with Crippen molar-refractivity contribution in [1.29, 1.82) is 0 Å². The number of hydrogen-bond donors (Lipinski definition) is 0. The third kappa shape index (κ3) is 11.4. The van der Waals surface area contributed by atoms with E-state index < -0.39 is 70.7 Å². The molecule has 0 saturated carbocycles. The molecule has 0 aromatic heterocycles. The third-order valence-electron chi connectivity index (χ3n) is 3.72. The van der Waals surface area contributed by atoms with Gasteiger partial charge in [0, 0.05) is 6.42 Å². The fourth-order valence-electron chi connectivity index (χ4n) is 3.06. The summed E-state index contributed by atoms with van der Waals surface area (Å²) in [6.45, 7) is 12.7. The fraction of sp³-hybridized carbons (Fsp3) is 1.00. The van der Waals surface area contributed by atoms with Crippen molar-refractivity contribution in [3.63, 3.8) is 0 Å². The van der Waals surface area contributed by atoms with Crippen molar-refractivity contribution in [1.82, 2.24) is 0 Å². The minimum absolute atomic E-state index is 0.642. The molecule has 0 N–H and O–H groups in total. The van der Waals surface area contributed by atoms with E-state index >= 15 is 0 Å². The Balaban J connectivity index is 5.24. The number of halogens is 10. The number of hydrogen-bond acceptors (Lipinski definition) is 4. The molecule has 0 amide bonds. The van der Waals surface area contributed by atoms with E-state index in [-0.39, 0.29) is 0 Å². The Hall–Kier alpha value is 1.30. The minimum Gasteiger partial charge on any atom is -0.436 e. The first kappa shape index (κ1) is 33.3. The van der Waals surface area contributed by atoms with Gasteiger partial charge in [-0.1, -0.05) is 33.2 Å². The minimum atomic E-state index is -6.36. The van der Waals surface area contributed by atoms with Gasteiger partial charge in [-0.3, -0.25) is 0 Å². The first-order valence-electron chi connectivity index (χ1n) is 9.23. The van der Waals surface area contributed by atoms with Gasteiger partial charge in [0.2, 0.25) is 0 Å². The van der Waals surface area contributed by atoms with Gasteiger partial charge in [-0.05, 0) is 58.4 Å². The van der Waals surface area contributed by atoms with E-state index in [1.165, 1.54) is 13.1 Å². The van der Waals surface area contributed by atoms with Crippen LogP contribution in [0.4, 0.5) is 30.7 Å². The van der Waals surface area contributed by atoms with Crippen LogP contribution < -0.4 is 0 Å². The van der Waals surface area contributed by atoms with Crippen molar-refractivity contribution in [2.45, 2.75) is 82.9 Å². The van der Waals surface area contributed by atoms with Crippen LogP contribution in [0.15, 0.2) is 0 Å². The lowest BCUT2D eigenvalue weighted by Gasteiger charge is -2.41. The average Bonchev–Trinajstić information content (AvgIpc) is 2.36. The second kappa shape index (κ2) is 10.4. The molecule has 0 unspecified atom stereocenters. The summed E-state index contributed by atoms with van der Waals surface area (Å²) in [6.07, 6.45) is -11.5. The summed E-state index contributed by atoms with van der Waals surface area (Å²) >= 11 is 17.3. The first-order chi connectivity index (χ1) is 13.5. The Morgan fingerprint density at radius 3 is 1.28 bits per heavy atom. The third-order valence-corrected chi connectivity index (χ3v) is 22.2. The molecule has 4 nitrogen and oxygen atoms in total. The molecule has 0 rings (SSSR count). The molecule has 0 atom stereocenters. The second-order valence-corrected chi connectivity index (χ2v) is 32.2. The van der Waals surface area contributed by atoms with E-state index in [0.29, 0.717) is 0 Å². The van der Waals surface area contributed by atoms with Crippen LogP contribution in [0.1, 0.15) is 6.42 Å². The smallest absolute Gasteiger partial charge is 0.436 e. The molecular weight excluding hydrogens is 600 g/mol. The van der Waals surface area contributed by atoms with Gasteiger partial charge < -0.3 is 16.5 Å². The Morgan fingerprint density at radius 1 is 0.594 bits per heavy atom. The Bertz CT molecular complexity index is 646. The predicted molar refractivity (Wildman–Crippen MR) is 123 cm³/mol. The summed E-state index contributed by atoms with van der Waals surface area (Å²) < 4.78 is 114. The van der Waals surface area contributed by atoms with Crippen molar-refractivity contribution in [3.05, 3.63) is 0 Å². The summed E-state index contributed by atoms with van der Waals surface area (Å²) in [5.41, 5.74) is 0. The fourth-order valence-corrected chi connectivity index (χ4v) is 28.1. The molecule has 0 fully saturated rings. The monoisotopic (exact) mass is 626 g/mol. The van der Waals surface area contributed by atoms with Gasteiger partial charge in [0.05, 0.1) is 0 Å². The summed E-state index contributed by atoms with van der Waals surface area (Å²) in [7, 11) is -12.1. The molecule has 0 aromatic carbocycles. The van der Waals surface area contributed by atoms with Crippen LogP contribution >= 0.6 is 33.2 Å². The molecule has 194 valence electrons. The molecule has 0 bridgehead atoms. The molecule has 0 aromatic rings. The zero-order valence-electron chi connectivity index (χ0n) is 18.8. The van der Waals surface area contributed by atoms with Gasteiger partial charge in [0.1, 0.15) is 0 Å². The molecule has 0 aliphatic rings. The molecular formula is C13H28Cl3F7O4Si5. The Morgan fingerprint density at radius 2 is 0.938 bits per heavy atom. The summed E-state index contributed by atoms with van der Waals surface area (Å²) in [4.78, 5) is 0. The van der Waals surface area contributed by atoms with Crippen LogP contribution in [0.5, 0.6) is 0 Å². The van der Waals surface area contributed by atoms with Crippen molar-refractivity contribution in [3.8, 4) is 0 Å². The molecule has 32 heavy (non-hydrogen) atoms. The normalized spacial score (nSPS) is 15.9. The zero-order valence-corrected chi connectivity index (χ0v) is 26.1. The Kier molecular flexibility index (Phi) is 10.8. The average molecular weight is 628 g/mol. The van der Waals surface area contributed by atoms with Gasteiger partial charge in [-0.2, -0.15) is 30.7 Å². The van der Waals surface area contributed by atoms with Crippen molar-refractivity contribution in [2.24, 2.45) is 0 Å². The van der Waals surface area contributed by atoms with E-state index in [4.69, 9.17) is 49.7 Å². The van der Waals surface area contributed by atoms with Gasteiger partial charge in [0.15, 0.2) is 8.32 Å². The van der Waals surface area contributed by atoms with Crippen molar-refractivity contribution < 1.29 is 47.2 Å². The van der Waals surface area contributed by atoms with Crippen LogP contribution in [0, 0.1) is 0 Å². The topological polar surface area (TPSA) is 36.9 Å². The van der Waals surface area contributed by atoms with E-state index in [9.17, 15) is 30.7 Å². The van der Waals surface area contributed by atoms with Gasteiger partial charge in [0.25, 0.3) is 0 Å². The zero-order chi connectivity index (χ0) is 26.2. The summed E-state index contributed by atoms with van der Waals surface area (Å²) in [5.74, 6) is -11.4. The highest BCUT2D eigenvalue weighted by Crippen LogP contribution is 2.49. The maximum Gasteiger partial charge on any atom is 0.485 e. The van der Waals surface area contributed by atoms with Crippen molar-refractivity contribution in [2.75, 3.05) is 0 Å². The number of alkyl halides is 7. The molecule has 0 saturated heterocycles. The molecule has 0 aliphatic heterocycles.